The standard InChI is InChI=1S/C17H18N2O6S2/c1-25-12-7-10(4-5-11(12)20)8-13-16(24)19(17(26)27-13)6-2-3-14(21)18-9-15(22)23/h4-5,7-8,20H,2-3,6,9H2,1H3,(H,18,21)(H,22,23)/b13-8-. The Labute approximate surface area is 165 Å². The molecule has 1 aromatic rings. The van der Waals surface area contributed by atoms with Crippen LogP contribution >= 0.6 is 24.0 Å². The highest BCUT2D eigenvalue weighted by molar-refractivity contribution is 8.26. The van der Waals surface area contributed by atoms with E-state index >= 15 is 0 Å². The van der Waals surface area contributed by atoms with Crippen LogP contribution in [0.4, 0.5) is 0 Å². The van der Waals surface area contributed by atoms with Crippen LogP contribution in [0.1, 0.15) is 18.4 Å². The summed E-state index contributed by atoms with van der Waals surface area (Å²) in [5, 5.41) is 20.4. The molecule has 0 atom stereocenters. The van der Waals surface area contributed by atoms with Gasteiger partial charge in [-0.25, -0.2) is 0 Å². The van der Waals surface area contributed by atoms with Crippen LogP contribution < -0.4 is 10.1 Å². The van der Waals surface area contributed by atoms with E-state index < -0.39 is 18.4 Å². The summed E-state index contributed by atoms with van der Waals surface area (Å²) in [5.41, 5.74) is 0.679. The molecule has 1 saturated heterocycles. The number of phenols is 1. The fourth-order valence-electron chi connectivity index (χ4n) is 2.29. The summed E-state index contributed by atoms with van der Waals surface area (Å²) in [7, 11) is 1.44. The average molecular weight is 410 g/mol. The van der Waals surface area contributed by atoms with Crippen molar-refractivity contribution in [3.05, 3.63) is 28.7 Å². The van der Waals surface area contributed by atoms with E-state index in [4.69, 9.17) is 22.1 Å². The number of ether oxygens (including phenoxy) is 1. The summed E-state index contributed by atoms with van der Waals surface area (Å²) in [6.45, 7) is -0.167. The molecule has 0 saturated carbocycles. The predicted molar refractivity (Wildman–Crippen MR) is 104 cm³/mol. The molecule has 10 heteroatoms. The summed E-state index contributed by atoms with van der Waals surface area (Å²) < 4.78 is 5.44. The Balaban J connectivity index is 1.96. The topological polar surface area (TPSA) is 116 Å². The Bertz CT molecular complexity index is 809. The minimum absolute atomic E-state index is 0.00312. The van der Waals surface area contributed by atoms with Crippen LogP contribution in [0.15, 0.2) is 23.1 Å². The number of aliphatic carboxylic acids is 1. The molecular weight excluding hydrogens is 392 g/mol. The Hall–Kier alpha value is -2.59. The number of carbonyl (C=O) groups is 3. The summed E-state index contributed by atoms with van der Waals surface area (Å²) >= 11 is 6.38. The van der Waals surface area contributed by atoms with Crippen molar-refractivity contribution in [3.8, 4) is 11.5 Å². The first kappa shape index (κ1) is 20.7. The van der Waals surface area contributed by atoms with Crippen LogP contribution in [-0.2, 0) is 14.4 Å². The molecule has 0 aliphatic carbocycles. The van der Waals surface area contributed by atoms with Crippen molar-refractivity contribution >= 4 is 52.2 Å². The molecule has 0 aromatic heterocycles. The van der Waals surface area contributed by atoms with Gasteiger partial charge < -0.3 is 20.3 Å². The third kappa shape index (κ3) is 5.69. The number of carbonyl (C=O) groups excluding carboxylic acids is 2. The van der Waals surface area contributed by atoms with E-state index in [0.29, 0.717) is 27.0 Å². The molecule has 0 radical (unpaired) electrons. The van der Waals surface area contributed by atoms with E-state index in [0.717, 1.165) is 11.8 Å². The number of rotatable bonds is 8. The van der Waals surface area contributed by atoms with E-state index in [-0.39, 0.29) is 24.6 Å². The maximum atomic E-state index is 12.5. The van der Waals surface area contributed by atoms with Gasteiger partial charge in [0.25, 0.3) is 5.91 Å². The van der Waals surface area contributed by atoms with Gasteiger partial charge in [-0.2, -0.15) is 0 Å². The lowest BCUT2D eigenvalue weighted by Crippen LogP contribution is -2.32. The highest BCUT2D eigenvalue weighted by Gasteiger charge is 2.31. The zero-order chi connectivity index (χ0) is 20.0. The molecule has 144 valence electrons. The Kier molecular flexibility index (Phi) is 7.19. The second-order valence-electron chi connectivity index (χ2n) is 5.54. The van der Waals surface area contributed by atoms with Crippen molar-refractivity contribution in [2.75, 3.05) is 20.2 Å². The number of carboxylic acids is 1. The van der Waals surface area contributed by atoms with Gasteiger partial charge >= 0.3 is 5.97 Å². The molecule has 1 heterocycles. The molecule has 2 rings (SSSR count). The van der Waals surface area contributed by atoms with Crippen LogP contribution in [-0.4, -0.2) is 57.4 Å². The van der Waals surface area contributed by atoms with Gasteiger partial charge in [0, 0.05) is 13.0 Å². The lowest BCUT2D eigenvalue weighted by atomic mass is 10.2. The van der Waals surface area contributed by atoms with Crippen molar-refractivity contribution in [3.63, 3.8) is 0 Å². The number of nitrogens with one attached hydrogen (secondary N) is 1. The number of phenolic OH excluding ortho intramolecular Hbond substituents is 1. The molecule has 8 nitrogen and oxygen atoms in total. The first-order valence-corrected chi connectivity index (χ1v) is 9.15. The fourth-order valence-corrected chi connectivity index (χ4v) is 3.60. The van der Waals surface area contributed by atoms with Crippen LogP contribution in [0.25, 0.3) is 6.08 Å². The van der Waals surface area contributed by atoms with Gasteiger partial charge in [0.2, 0.25) is 5.91 Å². The molecule has 0 spiro atoms. The van der Waals surface area contributed by atoms with Crippen molar-refractivity contribution < 1.29 is 29.3 Å². The molecule has 1 aliphatic heterocycles. The van der Waals surface area contributed by atoms with Crippen molar-refractivity contribution in [2.45, 2.75) is 12.8 Å². The summed E-state index contributed by atoms with van der Waals surface area (Å²) in [4.78, 5) is 36.3. The maximum absolute atomic E-state index is 12.5. The fraction of sp³-hybridized carbons (Fsp3) is 0.294. The lowest BCUT2D eigenvalue weighted by molar-refractivity contribution is -0.137. The van der Waals surface area contributed by atoms with E-state index in [1.54, 1.807) is 18.2 Å². The highest BCUT2D eigenvalue weighted by Crippen LogP contribution is 2.34. The van der Waals surface area contributed by atoms with Gasteiger partial charge in [0.1, 0.15) is 10.9 Å². The van der Waals surface area contributed by atoms with E-state index in [9.17, 15) is 19.5 Å². The van der Waals surface area contributed by atoms with Gasteiger partial charge in [0.15, 0.2) is 11.5 Å². The summed E-state index contributed by atoms with van der Waals surface area (Å²) in [6.07, 6.45) is 2.11. The van der Waals surface area contributed by atoms with Gasteiger partial charge in [-0.15, -0.1) is 0 Å². The molecule has 1 aromatic carbocycles. The van der Waals surface area contributed by atoms with Gasteiger partial charge in [-0.3, -0.25) is 19.3 Å². The number of nitrogens with zero attached hydrogens (tertiary/aromatic N) is 1. The van der Waals surface area contributed by atoms with Gasteiger partial charge in [0.05, 0.1) is 12.0 Å². The maximum Gasteiger partial charge on any atom is 0.322 e. The van der Waals surface area contributed by atoms with Crippen LogP contribution in [0, 0.1) is 0 Å². The molecule has 2 amide bonds. The molecule has 0 unspecified atom stereocenters. The first-order valence-electron chi connectivity index (χ1n) is 7.92. The first-order chi connectivity index (χ1) is 12.8. The largest absolute Gasteiger partial charge is 0.504 e. The number of thioether (sulfide) groups is 1. The molecule has 1 fully saturated rings. The van der Waals surface area contributed by atoms with Crippen molar-refractivity contribution in [1.82, 2.24) is 10.2 Å². The van der Waals surface area contributed by atoms with Gasteiger partial charge in [-0.1, -0.05) is 30.0 Å². The molecule has 1 aliphatic rings. The summed E-state index contributed by atoms with van der Waals surface area (Å²) in [5.74, 6) is -1.47. The SMILES string of the molecule is COc1cc(/C=C2\SC(=S)N(CCCC(=O)NCC(=O)O)C2=O)ccc1O. The van der Waals surface area contributed by atoms with Crippen molar-refractivity contribution in [1.29, 1.82) is 0 Å². The molecular formula is C17H18N2O6S2. The Morgan fingerprint density at radius 1 is 1.41 bits per heavy atom. The van der Waals surface area contributed by atoms with Crippen LogP contribution in [0.5, 0.6) is 11.5 Å². The number of carboxylic acid groups (broad SMARTS) is 1. The zero-order valence-corrected chi connectivity index (χ0v) is 16.1. The van der Waals surface area contributed by atoms with Crippen molar-refractivity contribution in [2.24, 2.45) is 0 Å². The summed E-state index contributed by atoms with van der Waals surface area (Å²) in [6, 6.07) is 4.73. The number of aromatic hydroxyl groups is 1. The number of methoxy groups -OCH3 is 1. The molecule has 0 bridgehead atoms. The number of thiocarbonyl (C=S) groups is 1. The third-order valence-electron chi connectivity index (χ3n) is 3.60. The van der Waals surface area contributed by atoms with E-state index in [1.807, 2.05) is 0 Å². The zero-order valence-electron chi connectivity index (χ0n) is 14.4. The Morgan fingerprint density at radius 3 is 2.81 bits per heavy atom. The minimum Gasteiger partial charge on any atom is -0.504 e. The van der Waals surface area contributed by atoms with Crippen LogP contribution in [0.3, 0.4) is 0 Å². The second-order valence-corrected chi connectivity index (χ2v) is 7.21. The normalized spacial score (nSPS) is 15.3. The number of hydrogen-bond donors (Lipinski definition) is 3. The second kappa shape index (κ2) is 9.38. The smallest absolute Gasteiger partial charge is 0.322 e. The quantitative estimate of drug-likeness (QED) is 0.437. The molecule has 27 heavy (non-hydrogen) atoms. The van der Waals surface area contributed by atoms with E-state index in [2.05, 4.69) is 5.32 Å². The predicted octanol–water partition coefficient (Wildman–Crippen LogP) is 1.58. The number of hydrogen-bond acceptors (Lipinski definition) is 7. The van der Waals surface area contributed by atoms with Gasteiger partial charge in [-0.05, 0) is 30.2 Å². The van der Waals surface area contributed by atoms with E-state index in [1.165, 1.54) is 18.1 Å². The minimum atomic E-state index is -1.11. The Morgan fingerprint density at radius 2 is 2.15 bits per heavy atom. The van der Waals surface area contributed by atoms with Crippen LogP contribution in [0.2, 0.25) is 0 Å². The third-order valence-corrected chi connectivity index (χ3v) is 4.98. The number of amides is 2. The monoisotopic (exact) mass is 410 g/mol. The average Bonchev–Trinajstić information content (AvgIpc) is 2.88. The molecule has 3 N–H and O–H groups in total. The highest BCUT2D eigenvalue weighted by atomic mass is 32.2. The lowest BCUT2D eigenvalue weighted by Gasteiger charge is -2.13. The number of benzene rings is 1.